The molecule has 1 amide bonds. The Morgan fingerprint density at radius 2 is 2.35 bits per heavy atom. The number of ether oxygens (including phenoxy) is 1. The number of hydrogen-bond acceptors (Lipinski definition) is 7. The minimum Gasteiger partial charge on any atom is -0.465 e. The molecule has 0 aromatic carbocycles. The third-order valence-corrected chi connectivity index (χ3v) is 4.19. The second-order valence-electron chi connectivity index (χ2n) is 3.74. The molecule has 2 aromatic heterocycles. The molecule has 0 unspecified atom stereocenters. The van der Waals surface area contributed by atoms with Crippen LogP contribution < -0.4 is 10.1 Å². The zero-order valence-corrected chi connectivity index (χ0v) is 12.8. The summed E-state index contributed by atoms with van der Waals surface area (Å²) in [6.45, 7) is 4.81. The van der Waals surface area contributed by atoms with Crippen molar-refractivity contribution >= 4 is 29.0 Å². The highest BCUT2D eigenvalue weighted by Gasteiger charge is 2.11. The monoisotopic (exact) mass is 313 g/mol. The molecule has 20 heavy (non-hydrogen) atoms. The normalized spacial score (nSPS) is 10.5. The van der Waals surface area contributed by atoms with E-state index < -0.39 is 0 Å². The van der Waals surface area contributed by atoms with Crippen LogP contribution in [0.5, 0.6) is 5.95 Å². The zero-order valence-electron chi connectivity index (χ0n) is 11.2. The van der Waals surface area contributed by atoms with Gasteiger partial charge in [0, 0.05) is 18.4 Å². The number of nitrogens with one attached hydrogen (secondary N) is 1. The Balaban J connectivity index is 1.71. The number of hydrogen-bond donors (Lipinski definition) is 1. The molecule has 0 aliphatic rings. The molecule has 0 spiro atoms. The van der Waals surface area contributed by atoms with Crippen molar-refractivity contribution in [2.75, 3.05) is 18.9 Å². The molecule has 1 N–H and O–H groups in total. The molecule has 6 nitrogen and oxygen atoms in total. The minimum atomic E-state index is -0.245. The summed E-state index contributed by atoms with van der Waals surface area (Å²) in [6.07, 6.45) is 0. The van der Waals surface area contributed by atoms with Crippen molar-refractivity contribution in [3.63, 3.8) is 0 Å². The van der Waals surface area contributed by atoms with Crippen LogP contribution in [0.4, 0.5) is 0 Å². The predicted octanol–water partition coefficient (Wildman–Crippen LogP) is 2.36. The molecule has 0 bridgehead atoms. The molecule has 0 atom stereocenters. The van der Waals surface area contributed by atoms with Crippen LogP contribution in [0.3, 0.4) is 0 Å². The number of amides is 1. The fourth-order valence-corrected chi connectivity index (χ4v) is 3.13. The lowest BCUT2D eigenvalue weighted by atomic mass is 10.4. The maximum absolute atomic E-state index is 11.8. The van der Waals surface area contributed by atoms with E-state index in [-0.39, 0.29) is 11.7 Å². The van der Waals surface area contributed by atoms with Crippen molar-refractivity contribution in [2.45, 2.75) is 18.2 Å². The fraction of sp³-hybridized carbons (Fsp3) is 0.417. The number of thioether (sulfide) groups is 1. The summed E-state index contributed by atoms with van der Waals surface area (Å²) in [5.41, 5.74) is 0. The van der Waals surface area contributed by atoms with E-state index in [1.807, 2.05) is 13.8 Å². The number of aryl methyl sites for hydroxylation is 1. The molecule has 0 saturated carbocycles. The van der Waals surface area contributed by atoms with Crippen LogP contribution in [0, 0.1) is 6.92 Å². The minimum absolute atomic E-state index is 0.245. The fourth-order valence-electron chi connectivity index (χ4n) is 1.39. The standard InChI is InChI=1S/C12H15N3O3S2/c1-3-17-10-5-4-9(18-10)11(16)13-6-7-19-12-15-14-8(2)20-12/h4-5H,3,6-7H2,1-2H3,(H,13,16). The van der Waals surface area contributed by atoms with Crippen LogP contribution in [0.25, 0.3) is 0 Å². The first kappa shape index (κ1) is 14.9. The second kappa shape index (κ2) is 7.30. The largest absolute Gasteiger partial charge is 0.465 e. The number of carbonyl (C=O) groups is 1. The third kappa shape index (κ3) is 4.24. The molecular formula is C12H15N3O3S2. The van der Waals surface area contributed by atoms with Gasteiger partial charge >= 0.3 is 0 Å². The highest BCUT2D eigenvalue weighted by atomic mass is 32.2. The van der Waals surface area contributed by atoms with E-state index in [1.54, 1.807) is 35.2 Å². The van der Waals surface area contributed by atoms with E-state index >= 15 is 0 Å². The van der Waals surface area contributed by atoms with Gasteiger partial charge in [-0.05, 0) is 19.9 Å². The Hall–Kier alpha value is -1.54. The lowest BCUT2D eigenvalue weighted by molar-refractivity contribution is 0.0920. The Bertz CT molecular complexity index is 568. The van der Waals surface area contributed by atoms with Gasteiger partial charge in [-0.3, -0.25) is 4.79 Å². The van der Waals surface area contributed by atoms with E-state index in [9.17, 15) is 4.79 Å². The van der Waals surface area contributed by atoms with Crippen LogP contribution in [0.1, 0.15) is 22.5 Å². The molecule has 2 heterocycles. The smallest absolute Gasteiger partial charge is 0.287 e. The third-order valence-electron chi connectivity index (χ3n) is 2.21. The SMILES string of the molecule is CCOc1ccc(C(=O)NCCSc2nnc(C)s2)o1. The second-order valence-corrected chi connectivity index (χ2v) is 6.27. The van der Waals surface area contributed by atoms with E-state index in [4.69, 9.17) is 9.15 Å². The summed E-state index contributed by atoms with van der Waals surface area (Å²) in [4.78, 5) is 11.8. The van der Waals surface area contributed by atoms with Gasteiger partial charge < -0.3 is 14.5 Å². The lowest BCUT2D eigenvalue weighted by Crippen LogP contribution is -2.25. The van der Waals surface area contributed by atoms with Gasteiger partial charge in [-0.1, -0.05) is 23.1 Å². The first-order valence-electron chi connectivity index (χ1n) is 6.12. The Labute approximate surface area is 124 Å². The average molecular weight is 313 g/mol. The van der Waals surface area contributed by atoms with E-state index in [2.05, 4.69) is 15.5 Å². The van der Waals surface area contributed by atoms with E-state index in [0.717, 1.165) is 15.1 Å². The summed E-state index contributed by atoms with van der Waals surface area (Å²) in [5.74, 6) is 1.10. The maximum atomic E-state index is 11.8. The number of carbonyl (C=O) groups excluding carboxylic acids is 1. The molecule has 8 heteroatoms. The molecule has 2 rings (SSSR count). The van der Waals surface area contributed by atoms with Crippen LogP contribution in [-0.2, 0) is 0 Å². The van der Waals surface area contributed by atoms with Gasteiger partial charge in [0.25, 0.3) is 11.9 Å². The van der Waals surface area contributed by atoms with Gasteiger partial charge in [-0.2, -0.15) is 0 Å². The van der Waals surface area contributed by atoms with Crippen molar-refractivity contribution in [3.8, 4) is 5.95 Å². The van der Waals surface area contributed by atoms with Crippen LogP contribution >= 0.6 is 23.1 Å². The Kier molecular flexibility index (Phi) is 5.42. The summed E-state index contributed by atoms with van der Waals surface area (Å²) in [7, 11) is 0. The molecule has 0 radical (unpaired) electrons. The van der Waals surface area contributed by atoms with Gasteiger partial charge in [0.15, 0.2) is 10.1 Å². The maximum Gasteiger partial charge on any atom is 0.287 e. The van der Waals surface area contributed by atoms with Crippen molar-refractivity contribution in [3.05, 3.63) is 22.9 Å². The van der Waals surface area contributed by atoms with Gasteiger partial charge in [-0.25, -0.2) is 0 Å². The highest BCUT2D eigenvalue weighted by molar-refractivity contribution is 8.01. The van der Waals surface area contributed by atoms with Gasteiger partial charge in [0.05, 0.1) is 6.61 Å². The average Bonchev–Trinajstić information content (AvgIpc) is 3.04. The summed E-state index contributed by atoms with van der Waals surface area (Å²) in [5, 5.41) is 11.6. The number of furan rings is 1. The molecule has 108 valence electrons. The van der Waals surface area contributed by atoms with Gasteiger partial charge in [-0.15, -0.1) is 10.2 Å². The topological polar surface area (TPSA) is 77.2 Å². The highest BCUT2D eigenvalue weighted by Crippen LogP contribution is 2.21. The molecular weight excluding hydrogens is 298 g/mol. The number of aromatic nitrogens is 2. The van der Waals surface area contributed by atoms with Gasteiger partial charge in [0.1, 0.15) is 5.01 Å². The summed E-state index contributed by atoms with van der Waals surface area (Å²) >= 11 is 3.11. The zero-order chi connectivity index (χ0) is 14.4. The van der Waals surface area contributed by atoms with Crippen LogP contribution in [0.15, 0.2) is 20.9 Å². The number of nitrogens with zero attached hydrogens (tertiary/aromatic N) is 2. The van der Waals surface area contributed by atoms with Crippen LogP contribution in [0.2, 0.25) is 0 Å². The first-order valence-corrected chi connectivity index (χ1v) is 7.93. The van der Waals surface area contributed by atoms with Gasteiger partial charge in [0.2, 0.25) is 0 Å². The molecule has 0 aliphatic carbocycles. The van der Waals surface area contributed by atoms with Crippen molar-refractivity contribution in [2.24, 2.45) is 0 Å². The van der Waals surface area contributed by atoms with E-state index in [1.165, 1.54) is 0 Å². The Morgan fingerprint density at radius 1 is 1.50 bits per heavy atom. The number of rotatable bonds is 7. The first-order chi connectivity index (χ1) is 9.69. The summed E-state index contributed by atoms with van der Waals surface area (Å²) < 4.78 is 11.3. The Morgan fingerprint density at radius 3 is 3.05 bits per heavy atom. The van der Waals surface area contributed by atoms with Crippen LogP contribution in [-0.4, -0.2) is 35.0 Å². The molecule has 0 saturated heterocycles. The molecule has 0 fully saturated rings. The molecule has 0 aliphatic heterocycles. The summed E-state index contributed by atoms with van der Waals surface area (Å²) in [6, 6.07) is 3.23. The van der Waals surface area contributed by atoms with Crippen molar-refractivity contribution in [1.82, 2.24) is 15.5 Å². The van der Waals surface area contributed by atoms with Crippen molar-refractivity contribution < 1.29 is 13.9 Å². The lowest BCUT2D eigenvalue weighted by Gasteiger charge is -2.01. The quantitative estimate of drug-likeness (QED) is 0.624. The van der Waals surface area contributed by atoms with Crippen molar-refractivity contribution in [1.29, 1.82) is 0 Å². The van der Waals surface area contributed by atoms with E-state index in [0.29, 0.717) is 19.1 Å². The predicted molar refractivity (Wildman–Crippen MR) is 77.6 cm³/mol. The molecule has 2 aromatic rings.